The fourth-order valence-corrected chi connectivity index (χ4v) is 3.63. The zero-order chi connectivity index (χ0) is 14.2. The molecule has 1 aliphatic heterocycles. The molecular weight excluding hydrogens is 250 g/mol. The minimum absolute atomic E-state index is 0.324. The van der Waals surface area contributed by atoms with E-state index in [2.05, 4.69) is 32.2 Å². The van der Waals surface area contributed by atoms with Crippen LogP contribution in [0.25, 0.3) is 0 Å². The number of nitrogens with one attached hydrogen (secondary N) is 1. The monoisotopic (exact) mass is 277 g/mol. The third-order valence-corrected chi connectivity index (χ3v) is 4.73. The maximum absolute atomic E-state index is 5.90. The highest BCUT2D eigenvalue weighted by atomic mass is 16.5. The maximum Gasteiger partial charge on any atom is 0.109 e. The molecule has 1 aliphatic carbocycles. The second-order valence-corrected chi connectivity index (χ2v) is 7.30. The van der Waals surface area contributed by atoms with Gasteiger partial charge in [-0.1, -0.05) is 13.8 Å². The van der Waals surface area contributed by atoms with Crippen LogP contribution in [0.3, 0.4) is 0 Å². The van der Waals surface area contributed by atoms with Crippen LogP contribution in [-0.4, -0.2) is 19.8 Å². The van der Waals surface area contributed by atoms with E-state index < -0.39 is 0 Å². The summed E-state index contributed by atoms with van der Waals surface area (Å²) >= 11 is 0. The van der Waals surface area contributed by atoms with Gasteiger partial charge in [0.2, 0.25) is 0 Å². The van der Waals surface area contributed by atoms with Crippen molar-refractivity contribution >= 4 is 0 Å². The van der Waals surface area contributed by atoms with Gasteiger partial charge in [0.25, 0.3) is 0 Å². The van der Waals surface area contributed by atoms with Crippen molar-refractivity contribution in [2.45, 2.75) is 52.5 Å². The Hall–Kier alpha value is -0.800. The van der Waals surface area contributed by atoms with Gasteiger partial charge in [-0.05, 0) is 50.1 Å². The lowest BCUT2D eigenvalue weighted by atomic mass is 9.74. The molecule has 1 N–H and O–H groups in total. The summed E-state index contributed by atoms with van der Waals surface area (Å²) in [6, 6.07) is 2.68. The summed E-state index contributed by atoms with van der Waals surface area (Å²) in [4.78, 5) is 0. The Morgan fingerprint density at radius 3 is 2.80 bits per heavy atom. The second-order valence-electron chi connectivity index (χ2n) is 7.30. The van der Waals surface area contributed by atoms with Crippen LogP contribution in [0.4, 0.5) is 0 Å². The van der Waals surface area contributed by atoms with E-state index in [0.717, 1.165) is 37.9 Å². The summed E-state index contributed by atoms with van der Waals surface area (Å²) in [5, 5.41) is 3.80. The molecule has 3 rings (SSSR count). The molecule has 0 radical (unpaired) electrons. The van der Waals surface area contributed by atoms with Crippen LogP contribution in [0.15, 0.2) is 10.5 Å². The van der Waals surface area contributed by atoms with E-state index in [1.54, 1.807) is 0 Å². The molecule has 0 saturated carbocycles. The highest BCUT2D eigenvalue weighted by molar-refractivity contribution is 5.29. The Morgan fingerprint density at radius 2 is 2.05 bits per heavy atom. The summed E-state index contributed by atoms with van der Waals surface area (Å²) in [6.45, 7) is 9.71. The molecule has 3 nitrogen and oxygen atoms in total. The average molecular weight is 277 g/mol. The second kappa shape index (κ2) is 5.53. The van der Waals surface area contributed by atoms with Crippen LogP contribution in [0, 0.1) is 18.3 Å². The molecule has 1 unspecified atom stereocenters. The standard InChI is InChI=1S/C17H27NO2/c1-12-8-14-15(9-17(2,3)10-16(14)20-12)18-11-13-4-6-19-7-5-13/h8,13,15,18H,4-7,9-11H2,1-3H3. The van der Waals surface area contributed by atoms with Crippen LogP contribution in [0.2, 0.25) is 0 Å². The van der Waals surface area contributed by atoms with Gasteiger partial charge in [-0.3, -0.25) is 0 Å². The van der Waals surface area contributed by atoms with E-state index >= 15 is 0 Å². The molecule has 3 heteroatoms. The Balaban J connectivity index is 1.68. The van der Waals surface area contributed by atoms with Crippen molar-refractivity contribution in [3.05, 3.63) is 23.2 Å². The third-order valence-electron chi connectivity index (χ3n) is 4.73. The SMILES string of the molecule is Cc1cc2c(o1)CC(C)(C)CC2NCC1CCOCC1. The van der Waals surface area contributed by atoms with Crippen molar-refractivity contribution in [1.82, 2.24) is 5.32 Å². The Kier molecular flexibility index (Phi) is 3.91. The summed E-state index contributed by atoms with van der Waals surface area (Å²) in [5.74, 6) is 3.01. The highest BCUT2D eigenvalue weighted by Crippen LogP contribution is 2.42. The molecule has 1 fully saturated rings. The van der Waals surface area contributed by atoms with E-state index in [1.807, 2.05) is 0 Å². The Morgan fingerprint density at radius 1 is 1.30 bits per heavy atom. The molecule has 0 bridgehead atoms. The lowest BCUT2D eigenvalue weighted by Gasteiger charge is -2.36. The first-order valence-electron chi connectivity index (χ1n) is 7.94. The lowest BCUT2D eigenvalue weighted by molar-refractivity contribution is 0.0644. The Bertz CT molecular complexity index is 458. The van der Waals surface area contributed by atoms with Crippen molar-refractivity contribution < 1.29 is 9.15 Å². The molecule has 20 heavy (non-hydrogen) atoms. The predicted molar refractivity (Wildman–Crippen MR) is 79.8 cm³/mol. The van der Waals surface area contributed by atoms with Crippen molar-refractivity contribution in [3.63, 3.8) is 0 Å². The zero-order valence-corrected chi connectivity index (χ0v) is 13.0. The molecule has 0 aromatic carbocycles. The number of aryl methyl sites for hydroxylation is 1. The lowest BCUT2D eigenvalue weighted by Crippen LogP contribution is -2.36. The van der Waals surface area contributed by atoms with Gasteiger partial charge in [0.1, 0.15) is 11.5 Å². The van der Waals surface area contributed by atoms with E-state index in [-0.39, 0.29) is 0 Å². The number of hydrogen-bond acceptors (Lipinski definition) is 3. The van der Waals surface area contributed by atoms with E-state index in [1.165, 1.54) is 30.6 Å². The third kappa shape index (κ3) is 3.09. The minimum Gasteiger partial charge on any atom is -0.466 e. The molecule has 0 amide bonds. The first kappa shape index (κ1) is 14.2. The molecule has 1 aromatic rings. The zero-order valence-electron chi connectivity index (χ0n) is 13.0. The fourth-order valence-electron chi connectivity index (χ4n) is 3.63. The molecule has 2 aliphatic rings. The molecule has 112 valence electrons. The van der Waals surface area contributed by atoms with Crippen LogP contribution in [-0.2, 0) is 11.2 Å². The summed E-state index contributed by atoms with van der Waals surface area (Å²) in [7, 11) is 0. The van der Waals surface area contributed by atoms with Gasteiger partial charge < -0.3 is 14.5 Å². The molecule has 0 spiro atoms. The van der Waals surface area contributed by atoms with E-state index in [4.69, 9.17) is 9.15 Å². The topological polar surface area (TPSA) is 34.4 Å². The van der Waals surface area contributed by atoms with Crippen LogP contribution in [0.1, 0.15) is 56.2 Å². The van der Waals surface area contributed by atoms with Crippen molar-refractivity contribution in [2.24, 2.45) is 11.3 Å². The van der Waals surface area contributed by atoms with Crippen LogP contribution in [0.5, 0.6) is 0 Å². The van der Waals surface area contributed by atoms with Crippen molar-refractivity contribution in [2.75, 3.05) is 19.8 Å². The molecular formula is C17H27NO2. The average Bonchev–Trinajstić information content (AvgIpc) is 2.76. The fraction of sp³-hybridized carbons (Fsp3) is 0.765. The summed E-state index contributed by atoms with van der Waals surface area (Å²) in [6.07, 6.45) is 4.65. The molecule has 2 heterocycles. The van der Waals surface area contributed by atoms with Gasteiger partial charge >= 0.3 is 0 Å². The quantitative estimate of drug-likeness (QED) is 0.916. The molecule has 1 atom stereocenters. The van der Waals surface area contributed by atoms with Crippen LogP contribution >= 0.6 is 0 Å². The van der Waals surface area contributed by atoms with Gasteiger partial charge in [-0.25, -0.2) is 0 Å². The normalized spacial score (nSPS) is 26.4. The first-order valence-corrected chi connectivity index (χ1v) is 7.94. The first-order chi connectivity index (χ1) is 9.53. The number of rotatable bonds is 3. The molecule has 1 saturated heterocycles. The summed E-state index contributed by atoms with van der Waals surface area (Å²) in [5.41, 5.74) is 1.72. The van der Waals surface area contributed by atoms with E-state index in [9.17, 15) is 0 Å². The van der Waals surface area contributed by atoms with Gasteiger partial charge in [-0.15, -0.1) is 0 Å². The summed E-state index contributed by atoms with van der Waals surface area (Å²) < 4.78 is 11.3. The number of ether oxygens (including phenoxy) is 1. The smallest absolute Gasteiger partial charge is 0.109 e. The van der Waals surface area contributed by atoms with Crippen LogP contribution < -0.4 is 5.32 Å². The Labute approximate surface area is 122 Å². The van der Waals surface area contributed by atoms with Crippen molar-refractivity contribution in [3.8, 4) is 0 Å². The van der Waals surface area contributed by atoms with E-state index in [0.29, 0.717) is 11.5 Å². The minimum atomic E-state index is 0.324. The van der Waals surface area contributed by atoms with Gasteiger partial charge in [0.15, 0.2) is 0 Å². The van der Waals surface area contributed by atoms with Gasteiger partial charge in [0.05, 0.1) is 0 Å². The maximum atomic E-state index is 5.90. The van der Waals surface area contributed by atoms with Crippen molar-refractivity contribution in [1.29, 1.82) is 0 Å². The molecule has 1 aromatic heterocycles. The number of hydrogen-bond donors (Lipinski definition) is 1. The predicted octanol–water partition coefficient (Wildman–Crippen LogP) is 3.62. The van der Waals surface area contributed by atoms with Gasteiger partial charge in [0, 0.05) is 31.2 Å². The number of furan rings is 1. The largest absolute Gasteiger partial charge is 0.466 e. The van der Waals surface area contributed by atoms with Gasteiger partial charge in [-0.2, -0.15) is 0 Å². The highest BCUT2D eigenvalue weighted by Gasteiger charge is 2.34. The number of fused-ring (bicyclic) bond motifs is 1.